The third-order valence-electron chi connectivity index (χ3n) is 2.69. The molecule has 0 spiro atoms. The minimum Gasteiger partial charge on any atom is -0.490 e. The summed E-state index contributed by atoms with van der Waals surface area (Å²) in [6.07, 6.45) is 0.649. The summed E-state index contributed by atoms with van der Waals surface area (Å²) in [5, 5.41) is 13.3. The highest BCUT2D eigenvalue weighted by molar-refractivity contribution is 5.86. The van der Waals surface area contributed by atoms with Gasteiger partial charge in [-0.15, -0.1) is 0 Å². The quantitative estimate of drug-likeness (QED) is 0.763. The van der Waals surface area contributed by atoms with Gasteiger partial charge in [0.05, 0.1) is 0 Å². The molecule has 1 aromatic heterocycles. The number of aromatic amines is 1. The van der Waals surface area contributed by atoms with E-state index in [1.165, 1.54) is 0 Å². The zero-order chi connectivity index (χ0) is 13.8. The lowest BCUT2D eigenvalue weighted by Crippen LogP contribution is -2.41. The van der Waals surface area contributed by atoms with Crippen molar-refractivity contribution in [2.24, 2.45) is 0 Å². The Hall–Kier alpha value is -2.01. The van der Waals surface area contributed by atoms with Crippen LogP contribution in [0.1, 0.15) is 13.8 Å². The summed E-state index contributed by atoms with van der Waals surface area (Å²) in [5.74, 6) is 0.228. The Bertz CT molecular complexity index is 563. The zero-order valence-corrected chi connectivity index (χ0v) is 11.0. The first-order valence-electron chi connectivity index (χ1n) is 6.25. The highest BCUT2D eigenvalue weighted by Crippen LogP contribution is 2.24. The molecule has 0 bridgehead atoms. The van der Waals surface area contributed by atoms with Gasteiger partial charge in [0.1, 0.15) is 12.4 Å². The predicted molar refractivity (Wildman–Crippen MR) is 73.1 cm³/mol. The van der Waals surface area contributed by atoms with Gasteiger partial charge in [-0.2, -0.15) is 0 Å². The van der Waals surface area contributed by atoms with E-state index in [0.717, 1.165) is 10.9 Å². The van der Waals surface area contributed by atoms with Crippen LogP contribution in [0.25, 0.3) is 10.9 Å². The topological polar surface area (TPSA) is 74.3 Å². The van der Waals surface area contributed by atoms with Crippen molar-refractivity contribution in [3.8, 4) is 5.75 Å². The number of aliphatic hydroxyl groups is 1. The lowest BCUT2D eigenvalue weighted by molar-refractivity contribution is -0.131. The fourth-order valence-corrected chi connectivity index (χ4v) is 1.81. The molecule has 3 N–H and O–H groups in total. The molecule has 1 amide bonds. The molecule has 5 heteroatoms. The van der Waals surface area contributed by atoms with Crippen LogP contribution in [0, 0.1) is 0 Å². The van der Waals surface area contributed by atoms with Gasteiger partial charge in [0.25, 0.3) is 5.91 Å². The van der Waals surface area contributed by atoms with Crippen LogP contribution in [-0.4, -0.2) is 34.8 Å². The minimum absolute atomic E-state index is 0.00439. The second-order valence-electron chi connectivity index (χ2n) is 4.69. The average Bonchev–Trinajstić information content (AvgIpc) is 2.83. The first kappa shape index (κ1) is 13.4. The number of carbonyl (C=O) groups is 1. The number of aliphatic hydroxyl groups excluding tert-OH is 1. The van der Waals surface area contributed by atoms with Crippen LogP contribution >= 0.6 is 0 Å². The molecule has 1 heterocycles. The predicted octanol–water partition coefficient (Wildman–Crippen LogP) is 1.43. The molecule has 0 radical (unpaired) electrons. The van der Waals surface area contributed by atoms with Crippen molar-refractivity contribution in [1.82, 2.24) is 10.3 Å². The van der Waals surface area contributed by atoms with Gasteiger partial charge in [0, 0.05) is 23.1 Å². The van der Waals surface area contributed by atoms with Crippen molar-refractivity contribution in [3.63, 3.8) is 0 Å². The number of benzene rings is 1. The summed E-state index contributed by atoms with van der Waals surface area (Å²) >= 11 is 0. The van der Waals surface area contributed by atoms with Gasteiger partial charge >= 0.3 is 0 Å². The van der Waals surface area contributed by atoms with Crippen LogP contribution in [0.5, 0.6) is 5.75 Å². The van der Waals surface area contributed by atoms with Crippen molar-refractivity contribution in [2.75, 3.05) is 6.61 Å². The first-order chi connectivity index (χ1) is 9.08. The van der Waals surface area contributed by atoms with E-state index in [1.807, 2.05) is 44.3 Å². The number of ether oxygens (including phenoxy) is 1. The number of rotatable bonds is 5. The van der Waals surface area contributed by atoms with Gasteiger partial charge in [-0.25, -0.2) is 0 Å². The molecule has 0 saturated carbocycles. The van der Waals surface area contributed by atoms with Gasteiger partial charge < -0.3 is 20.1 Å². The van der Waals surface area contributed by atoms with E-state index in [1.54, 1.807) is 0 Å². The van der Waals surface area contributed by atoms with Crippen molar-refractivity contribution in [2.45, 2.75) is 26.0 Å². The number of aromatic nitrogens is 1. The SMILES string of the molecule is CC(C)NC(=O)C(O)COc1cccc2[nH]ccc12. The maximum Gasteiger partial charge on any atom is 0.252 e. The summed E-state index contributed by atoms with van der Waals surface area (Å²) in [5.41, 5.74) is 0.957. The van der Waals surface area contributed by atoms with Crippen LogP contribution in [0.15, 0.2) is 30.5 Å². The lowest BCUT2D eigenvalue weighted by Gasteiger charge is -2.14. The summed E-state index contributed by atoms with van der Waals surface area (Å²) in [6, 6.07) is 7.49. The molecule has 1 atom stereocenters. The average molecular weight is 262 g/mol. The normalized spacial score (nSPS) is 12.6. The third-order valence-corrected chi connectivity index (χ3v) is 2.69. The first-order valence-corrected chi connectivity index (χ1v) is 6.25. The van der Waals surface area contributed by atoms with Crippen LogP contribution in [0.2, 0.25) is 0 Å². The number of hydrogen-bond acceptors (Lipinski definition) is 3. The summed E-state index contributed by atoms with van der Waals surface area (Å²) in [7, 11) is 0. The number of amides is 1. The molecule has 0 saturated heterocycles. The van der Waals surface area contributed by atoms with Crippen molar-refractivity contribution in [3.05, 3.63) is 30.5 Å². The van der Waals surface area contributed by atoms with Gasteiger partial charge in [-0.1, -0.05) is 6.07 Å². The largest absolute Gasteiger partial charge is 0.490 e. The van der Waals surface area contributed by atoms with E-state index in [2.05, 4.69) is 10.3 Å². The molecule has 0 aliphatic rings. The Balaban J connectivity index is 1.98. The molecule has 1 aromatic carbocycles. The van der Waals surface area contributed by atoms with Crippen LogP contribution < -0.4 is 10.1 Å². The maximum atomic E-state index is 11.5. The van der Waals surface area contributed by atoms with Gasteiger partial charge in [0.15, 0.2) is 6.10 Å². The highest BCUT2D eigenvalue weighted by atomic mass is 16.5. The van der Waals surface area contributed by atoms with Crippen molar-refractivity contribution < 1.29 is 14.6 Å². The van der Waals surface area contributed by atoms with Crippen LogP contribution in [-0.2, 0) is 4.79 Å². The maximum absolute atomic E-state index is 11.5. The molecule has 0 fully saturated rings. The summed E-state index contributed by atoms with van der Waals surface area (Å²) in [6.45, 7) is 3.61. The Kier molecular flexibility index (Phi) is 4.06. The Morgan fingerprint density at radius 1 is 1.42 bits per heavy atom. The molecule has 0 aliphatic carbocycles. The molecular weight excluding hydrogens is 244 g/mol. The van der Waals surface area contributed by atoms with E-state index in [4.69, 9.17) is 4.74 Å². The van der Waals surface area contributed by atoms with Crippen molar-refractivity contribution >= 4 is 16.8 Å². The fraction of sp³-hybridized carbons (Fsp3) is 0.357. The van der Waals surface area contributed by atoms with Gasteiger partial charge in [0.2, 0.25) is 0 Å². The molecule has 1 unspecified atom stereocenters. The molecule has 102 valence electrons. The third kappa shape index (κ3) is 3.26. The van der Waals surface area contributed by atoms with Crippen molar-refractivity contribution in [1.29, 1.82) is 0 Å². The fourth-order valence-electron chi connectivity index (χ4n) is 1.81. The van der Waals surface area contributed by atoms with E-state index >= 15 is 0 Å². The number of fused-ring (bicyclic) bond motifs is 1. The highest BCUT2D eigenvalue weighted by Gasteiger charge is 2.16. The Morgan fingerprint density at radius 2 is 2.21 bits per heavy atom. The van der Waals surface area contributed by atoms with E-state index in [0.29, 0.717) is 5.75 Å². The molecule has 0 aliphatic heterocycles. The molecule has 5 nitrogen and oxygen atoms in total. The summed E-state index contributed by atoms with van der Waals surface area (Å²) < 4.78 is 5.51. The number of nitrogens with one attached hydrogen (secondary N) is 2. The molecule has 2 aromatic rings. The zero-order valence-electron chi connectivity index (χ0n) is 11.0. The van der Waals surface area contributed by atoms with E-state index in [-0.39, 0.29) is 12.6 Å². The Labute approximate surface area is 111 Å². The second kappa shape index (κ2) is 5.75. The molecule has 2 rings (SSSR count). The smallest absolute Gasteiger partial charge is 0.252 e. The number of carbonyl (C=O) groups excluding carboxylic acids is 1. The molecule has 19 heavy (non-hydrogen) atoms. The molecular formula is C14H18N2O3. The number of hydrogen-bond donors (Lipinski definition) is 3. The monoisotopic (exact) mass is 262 g/mol. The Morgan fingerprint density at radius 3 is 2.95 bits per heavy atom. The number of H-pyrrole nitrogens is 1. The second-order valence-corrected chi connectivity index (χ2v) is 4.69. The van der Waals surface area contributed by atoms with Gasteiger partial charge in [-0.05, 0) is 32.0 Å². The van der Waals surface area contributed by atoms with E-state index in [9.17, 15) is 9.90 Å². The van der Waals surface area contributed by atoms with E-state index < -0.39 is 12.0 Å². The van der Waals surface area contributed by atoms with Crippen LogP contribution in [0.3, 0.4) is 0 Å². The van der Waals surface area contributed by atoms with Gasteiger partial charge in [-0.3, -0.25) is 4.79 Å². The van der Waals surface area contributed by atoms with Crippen LogP contribution in [0.4, 0.5) is 0 Å². The minimum atomic E-state index is -1.17. The standard InChI is InChI=1S/C14H18N2O3/c1-9(2)16-14(18)12(17)8-19-13-5-3-4-11-10(13)6-7-15-11/h3-7,9,12,15,17H,8H2,1-2H3,(H,16,18). The lowest BCUT2D eigenvalue weighted by atomic mass is 10.2. The summed E-state index contributed by atoms with van der Waals surface area (Å²) in [4.78, 5) is 14.6.